The zero-order chi connectivity index (χ0) is 10.1. The number of rotatable bonds is 1. The van der Waals surface area contributed by atoms with E-state index in [1.807, 2.05) is 6.92 Å². The van der Waals surface area contributed by atoms with Crippen molar-refractivity contribution in [2.24, 2.45) is 5.92 Å². The van der Waals surface area contributed by atoms with E-state index >= 15 is 0 Å². The van der Waals surface area contributed by atoms with E-state index in [1.165, 1.54) is 16.8 Å². The van der Waals surface area contributed by atoms with Gasteiger partial charge in [0.25, 0.3) is 5.56 Å². The molecule has 2 atom stereocenters. The van der Waals surface area contributed by atoms with Crippen LogP contribution in [-0.4, -0.2) is 16.2 Å². The molecular weight excluding hydrogens is 184 g/mol. The Labute approximate surface area is 80.3 Å². The molecular formula is C9H12N2O3. The van der Waals surface area contributed by atoms with E-state index in [2.05, 4.69) is 4.98 Å². The molecule has 0 aromatic carbocycles. The number of ether oxygens (including phenoxy) is 1. The van der Waals surface area contributed by atoms with Crippen LogP contribution in [-0.2, 0) is 4.74 Å². The summed E-state index contributed by atoms with van der Waals surface area (Å²) >= 11 is 0. The van der Waals surface area contributed by atoms with Crippen LogP contribution in [0.25, 0.3) is 0 Å². The van der Waals surface area contributed by atoms with Crippen molar-refractivity contribution in [3.05, 3.63) is 33.1 Å². The molecule has 0 aliphatic carbocycles. The molecule has 0 spiro atoms. The highest BCUT2D eigenvalue weighted by Crippen LogP contribution is 2.27. The first-order chi connectivity index (χ1) is 6.68. The van der Waals surface area contributed by atoms with Crippen molar-refractivity contribution >= 4 is 0 Å². The van der Waals surface area contributed by atoms with Gasteiger partial charge in [-0.25, -0.2) is 4.79 Å². The molecule has 1 aliphatic heterocycles. The molecule has 1 fully saturated rings. The minimum Gasteiger partial charge on any atom is -0.358 e. The molecule has 1 saturated heterocycles. The number of aromatic nitrogens is 2. The van der Waals surface area contributed by atoms with Gasteiger partial charge in [-0.05, 0) is 6.42 Å². The van der Waals surface area contributed by atoms with Crippen LogP contribution in [0.15, 0.2) is 21.9 Å². The first-order valence-electron chi connectivity index (χ1n) is 4.61. The summed E-state index contributed by atoms with van der Waals surface area (Å²) in [7, 11) is 0. The minimum atomic E-state index is -0.406. The van der Waals surface area contributed by atoms with E-state index in [-0.39, 0.29) is 11.8 Å². The van der Waals surface area contributed by atoms with Crippen LogP contribution in [0, 0.1) is 5.92 Å². The van der Waals surface area contributed by atoms with Gasteiger partial charge in [0.2, 0.25) is 0 Å². The fraction of sp³-hybridized carbons (Fsp3) is 0.556. The summed E-state index contributed by atoms with van der Waals surface area (Å²) in [6.45, 7) is 2.69. The number of H-pyrrole nitrogens is 1. The summed E-state index contributed by atoms with van der Waals surface area (Å²) in [6, 6.07) is 1.33. The third-order valence-electron chi connectivity index (χ3n) is 2.47. The van der Waals surface area contributed by atoms with Crippen LogP contribution in [0.2, 0.25) is 0 Å². The Balaban J connectivity index is 2.41. The van der Waals surface area contributed by atoms with Crippen LogP contribution < -0.4 is 11.2 Å². The summed E-state index contributed by atoms with van der Waals surface area (Å²) in [5, 5.41) is 0. The molecule has 1 aromatic rings. The maximum Gasteiger partial charge on any atom is 0.330 e. The van der Waals surface area contributed by atoms with Gasteiger partial charge in [0.1, 0.15) is 6.23 Å². The summed E-state index contributed by atoms with van der Waals surface area (Å²) < 4.78 is 6.84. The summed E-state index contributed by atoms with van der Waals surface area (Å²) in [6.07, 6.45) is 2.18. The van der Waals surface area contributed by atoms with Crippen LogP contribution in [0.5, 0.6) is 0 Å². The summed E-state index contributed by atoms with van der Waals surface area (Å²) in [4.78, 5) is 24.4. The zero-order valence-electron chi connectivity index (χ0n) is 7.90. The first kappa shape index (κ1) is 9.21. The average Bonchev–Trinajstić information content (AvgIpc) is 2.52. The number of nitrogens with zero attached hydrogens (tertiary/aromatic N) is 1. The second-order valence-corrected chi connectivity index (χ2v) is 3.54. The maximum absolute atomic E-state index is 11.4. The molecule has 0 radical (unpaired) electrons. The van der Waals surface area contributed by atoms with E-state index in [1.54, 1.807) is 0 Å². The first-order valence-corrected chi connectivity index (χ1v) is 4.61. The standard InChI is InChI=1S/C9H12N2O3/c1-6-3-5-14-8(6)11-4-2-7(12)10-9(11)13/h2,4,6,8H,3,5H2,1H3,(H,10,12,13)/t6-,8+/m0/s1. The topological polar surface area (TPSA) is 64.1 Å². The highest BCUT2D eigenvalue weighted by Gasteiger charge is 2.26. The van der Waals surface area contributed by atoms with E-state index in [0.29, 0.717) is 12.5 Å². The lowest BCUT2D eigenvalue weighted by Crippen LogP contribution is -2.32. The van der Waals surface area contributed by atoms with Crippen LogP contribution in [0.1, 0.15) is 19.6 Å². The van der Waals surface area contributed by atoms with E-state index in [4.69, 9.17) is 4.74 Å². The second-order valence-electron chi connectivity index (χ2n) is 3.54. The molecule has 2 rings (SSSR count). The third kappa shape index (κ3) is 1.50. The Morgan fingerprint density at radius 3 is 2.93 bits per heavy atom. The molecule has 5 nitrogen and oxygen atoms in total. The molecule has 0 amide bonds. The Morgan fingerprint density at radius 1 is 1.57 bits per heavy atom. The Morgan fingerprint density at radius 2 is 2.36 bits per heavy atom. The molecule has 1 aliphatic rings. The highest BCUT2D eigenvalue weighted by atomic mass is 16.5. The minimum absolute atomic E-state index is 0.237. The molecule has 1 N–H and O–H groups in total. The Kier molecular flexibility index (Phi) is 2.25. The number of hydrogen-bond acceptors (Lipinski definition) is 3. The van der Waals surface area contributed by atoms with E-state index in [0.717, 1.165) is 6.42 Å². The Hall–Kier alpha value is -1.36. The van der Waals surface area contributed by atoms with Crippen LogP contribution in [0.4, 0.5) is 0 Å². The van der Waals surface area contributed by atoms with Crippen LogP contribution in [0.3, 0.4) is 0 Å². The second kappa shape index (κ2) is 3.42. The summed E-state index contributed by atoms with van der Waals surface area (Å²) in [5.74, 6) is 0.304. The van der Waals surface area contributed by atoms with E-state index in [9.17, 15) is 9.59 Å². The predicted molar refractivity (Wildman–Crippen MR) is 50.1 cm³/mol. The van der Waals surface area contributed by atoms with Crippen molar-refractivity contribution in [1.82, 2.24) is 9.55 Å². The van der Waals surface area contributed by atoms with Gasteiger partial charge in [-0.2, -0.15) is 0 Å². The maximum atomic E-state index is 11.4. The van der Waals surface area contributed by atoms with Crippen molar-refractivity contribution < 1.29 is 4.74 Å². The lowest BCUT2D eigenvalue weighted by molar-refractivity contribution is 0.0326. The van der Waals surface area contributed by atoms with Gasteiger partial charge in [0.05, 0.1) is 0 Å². The highest BCUT2D eigenvalue weighted by molar-refractivity contribution is 4.86. The number of hydrogen-bond donors (Lipinski definition) is 1. The van der Waals surface area contributed by atoms with Gasteiger partial charge in [-0.15, -0.1) is 0 Å². The third-order valence-corrected chi connectivity index (χ3v) is 2.47. The monoisotopic (exact) mass is 196 g/mol. The molecule has 5 heteroatoms. The van der Waals surface area contributed by atoms with Crippen molar-refractivity contribution in [2.75, 3.05) is 6.61 Å². The molecule has 2 heterocycles. The lowest BCUT2D eigenvalue weighted by atomic mass is 10.1. The van der Waals surface area contributed by atoms with Crippen molar-refractivity contribution in [1.29, 1.82) is 0 Å². The Bertz CT molecular complexity index is 434. The average molecular weight is 196 g/mol. The van der Waals surface area contributed by atoms with Gasteiger partial charge in [0, 0.05) is 24.8 Å². The van der Waals surface area contributed by atoms with Gasteiger partial charge < -0.3 is 4.74 Å². The lowest BCUT2D eigenvalue weighted by Gasteiger charge is -2.16. The van der Waals surface area contributed by atoms with Crippen molar-refractivity contribution in [3.8, 4) is 0 Å². The van der Waals surface area contributed by atoms with Crippen molar-refractivity contribution in [3.63, 3.8) is 0 Å². The van der Waals surface area contributed by atoms with Gasteiger partial charge >= 0.3 is 5.69 Å². The predicted octanol–water partition coefficient (Wildman–Crippen LogP) is 0.0916. The molecule has 0 bridgehead atoms. The van der Waals surface area contributed by atoms with Gasteiger partial charge in [-0.3, -0.25) is 14.3 Å². The number of nitrogens with one attached hydrogen (secondary N) is 1. The zero-order valence-corrected chi connectivity index (χ0v) is 7.90. The van der Waals surface area contributed by atoms with Gasteiger partial charge in [-0.1, -0.05) is 6.92 Å². The molecule has 14 heavy (non-hydrogen) atoms. The SMILES string of the molecule is C[C@H]1CCO[C@H]1n1ccc(=O)[nH]c1=O. The molecule has 76 valence electrons. The number of aromatic amines is 1. The molecule has 0 saturated carbocycles. The van der Waals surface area contributed by atoms with Crippen molar-refractivity contribution in [2.45, 2.75) is 19.6 Å². The van der Waals surface area contributed by atoms with Crippen LogP contribution >= 0.6 is 0 Å². The smallest absolute Gasteiger partial charge is 0.330 e. The molecule has 1 aromatic heterocycles. The van der Waals surface area contributed by atoms with E-state index < -0.39 is 5.69 Å². The fourth-order valence-electron chi connectivity index (χ4n) is 1.66. The largest absolute Gasteiger partial charge is 0.358 e. The fourth-order valence-corrected chi connectivity index (χ4v) is 1.66. The summed E-state index contributed by atoms with van der Waals surface area (Å²) in [5.41, 5.74) is -0.784. The normalized spacial score (nSPS) is 26.6. The molecule has 0 unspecified atom stereocenters. The quantitative estimate of drug-likeness (QED) is 0.692. The van der Waals surface area contributed by atoms with Gasteiger partial charge in [0.15, 0.2) is 0 Å².